The van der Waals surface area contributed by atoms with Crippen molar-refractivity contribution >= 4 is 0 Å². The number of nitrogens with one attached hydrogen (secondary N) is 1. The van der Waals surface area contributed by atoms with Crippen molar-refractivity contribution in [3.63, 3.8) is 0 Å². The van der Waals surface area contributed by atoms with Crippen molar-refractivity contribution in [2.75, 3.05) is 20.2 Å². The molecule has 0 aliphatic heterocycles. The van der Waals surface area contributed by atoms with E-state index in [0.717, 1.165) is 13.2 Å². The highest BCUT2D eigenvalue weighted by Crippen LogP contribution is 2.04. The number of rotatable bonds is 3. The molecule has 0 spiro atoms. The van der Waals surface area contributed by atoms with Crippen LogP contribution in [0.3, 0.4) is 0 Å². The molecule has 0 fully saturated rings. The van der Waals surface area contributed by atoms with Crippen molar-refractivity contribution in [2.45, 2.75) is 26.4 Å². The third kappa shape index (κ3) is 7.92. The minimum absolute atomic E-state index is 0.0108. The molecule has 0 radical (unpaired) electrons. The first-order valence-electron chi connectivity index (χ1n) is 3.35. The monoisotopic (exact) mass is 131 g/mol. The van der Waals surface area contributed by atoms with Gasteiger partial charge in [0.15, 0.2) is 0 Å². The van der Waals surface area contributed by atoms with Crippen LogP contribution in [0.4, 0.5) is 0 Å². The molecule has 56 valence electrons. The van der Waals surface area contributed by atoms with E-state index in [-0.39, 0.29) is 5.60 Å². The maximum Gasteiger partial charge on any atom is 0.0599 e. The summed E-state index contributed by atoms with van der Waals surface area (Å²) in [5.74, 6) is 0. The summed E-state index contributed by atoms with van der Waals surface area (Å²) in [6.45, 7) is 7.89. The molecule has 0 aliphatic carbocycles. The van der Waals surface area contributed by atoms with E-state index in [4.69, 9.17) is 4.74 Å². The van der Waals surface area contributed by atoms with E-state index < -0.39 is 0 Å². The van der Waals surface area contributed by atoms with Crippen LogP contribution >= 0.6 is 0 Å². The van der Waals surface area contributed by atoms with Gasteiger partial charge in [0.1, 0.15) is 0 Å². The number of hydrogen-bond donors (Lipinski definition) is 1. The fourth-order valence-corrected chi connectivity index (χ4v) is 0.459. The lowest BCUT2D eigenvalue weighted by Gasteiger charge is -2.18. The van der Waals surface area contributed by atoms with E-state index in [1.165, 1.54) is 0 Å². The van der Waals surface area contributed by atoms with Crippen molar-refractivity contribution < 1.29 is 4.74 Å². The Morgan fingerprint density at radius 2 is 1.89 bits per heavy atom. The summed E-state index contributed by atoms with van der Waals surface area (Å²) < 4.78 is 5.41. The molecule has 0 aliphatic rings. The Labute approximate surface area is 57.6 Å². The van der Waals surface area contributed by atoms with Crippen LogP contribution in [0.15, 0.2) is 0 Å². The Kier molecular flexibility index (Phi) is 3.82. The van der Waals surface area contributed by atoms with Crippen molar-refractivity contribution in [2.24, 2.45) is 0 Å². The summed E-state index contributed by atoms with van der Waals surface area (Å²) in [5, 5.41) is 3.02. The lowest BCUT2D eigenvalue weighted by Crippen LogP contribution is -2.24. The molecule has 0 saturated carbocycles. The summed E-state index contributed by atoms with van der Waals surface area (Å²) in [5.41, 5.74) is 0.0108. The minimum Gasteiger partial charge on any atom is -0.375 e. The topological polar surface area (TPSA) is 21.3 Å². The van der Waals surface area contributed by atoms with Crippen molar-refractivity contribution in [1.82, 2.24) is 5.32 Å². The summed E-state index contributed by atoms with van der Waals surface area (Å²) in [4.78, 5) is 0. The van der Waals surface area contributed by atoms with Crippen molar-refractivity contribution in [3.05, 3.63) is 0 Å². The lowest BCUT2D eigenvalue weighted by molar-refractivity contribution is -0.000210. The molecule has 0 aromatic carbocycles. The highest BCUT2D eigenvalue weighted by Gasteiger charge is 2.07. The second kappa shape index (κ2) is 3.85. The Morgan fingerprint density at radius 1 is 1.33 bits per heavy atom. The van der Waals surface area contributed by atoms with E-state index in [0.29, 0.717) is 0 Å². The number of hydrogen-bond acceptors (Lipinski definition) is 2. The molecule has 0 rings (SSSR count). The van der Waals surface area contributed by atoms with Gasteiger partial charge in [0.25, 0.3) is 0 Å². The van der Waals surface area contributed by atoms with Gasteiger partial charge in [-0.15, -0.1) is 0 Å². The van der Waals surface area contributed by atoms with Gasteiger partial charge in [0.05, 0.1) is 12.2 Å². The van der Waals surface area contributed by atoms with Crippen molar-refractivity contribution in [3.8, 4) is 0 Å². The molecule has 2 nitrogen and oxygen atoms in total. The average molecular weight is 131 g/mol. The van der Waals surface area contributed by atoms with E-state index in [1.807, 2.05) is 7.05 Å². The smallest absolute Gasteiger partial charge is 0.0599 e. The van der Waals surface area contributed by atoms with E-state index in [9.17, 15) is 0 Å². The Hall–Kier alpha value is -0.0800. The predicted molar refractivity (Wildman–Crippen MR) is 39.6 cm³/mol. The lowest BCUT2D eigenvalue weighted by atomic mass is 10.2. The van der Waals surface area contributed by atoms with Gasteiger partial charge in [-0.25, -0.2) is 0 Å². The summed E-state index contributed by atoms with van der Waals surface area (Å²) in [6.07, 6.45) is 0. The van der Waals surface area contributed by atoms with Crippen LogP contribution < -0.4 is 5.32 Å². The van der Waals surface area contributed by atoms with Crippen LogP contribution in [-0.4, -0.2) is 25.8 Å². The molecule has 0 unspecified atom stereocenters. The summed E-state index contributed by atoms with van der Waals surface area (Å²) >= 11 is 0. The molecule has 0 bridgehead atoms. The van der Waals surface area contributed by atoms with Gasteiger partial charge in [0.2, 0.25) is 0 Å². The van der Waals surface area contributed by atoms with E-state index in [1.54, 1.807) is 0 Å². The van der Waals surface area contributed by atoms with Crippen LogP contribution in [-0.2, 0) is 4.74 Å². The van der Waals surface area contributed by atoms with Gasteiger partial charge in [-0.3, -0.25) is 0 Å². The third-order valence-corrected chi connectivity index (χ3v) is 0.887. The van der Waals surface area contributed by atoms with E-state index in [2.05, 4.69) is 26.1 Å². The van der Waals surface area contributed by atoms with Crippen molar-refractivity contribution in [1.29, 1.82) is 0 Å². The van der Waals surface area contributed by atoms with Crippen LogP contribution in [0, 0.1) is 0 Å². The van der Waals surface area contributed by atoms with Crippen LogP contribution in [0.5, 0.6) is 0 Å². The molecular weight excluding hydrogens is 114 g/mol. The molecule has 0 aromatic rings. The van der Waals surface area contributed by atoms with Gasteiger partial charge in [-0.05, 0) is 27.8 Å². The largest absolute Gasteiger partial charge is 0.375 e. The Bertz CT molecular complexity index is 65.8. The van der Waals surface area contributed by atoms with Gasteiger partial charge >= 0.3 is 0 Å². The second-order valence-corrected chi connectivity index (χ2v) is 3.06. The van der Waals surface area contributed by atoms with Crippen LogP contribution in [0.2, 0.25) is 0 Å². The standard InChI is InChI=1S/C7H17NO/c1-7(2,3)9-6-5-8-4/h8H,5-6H2,1-4H3. The first-order chi connectivity index (χ1) is 4.06. The Balaban J connectivity index is 3.07. The molecule has 0 saturated heterocycles. The highest BCUT2D eigenvalue weighted by atomic mass is 16.5. The first kappa shape index (κ1) is 8.92. The summed E-state index contributed by atoms with van der Waals surface area (Å²) in [6, 6.07) is 0. The zero-order valence-corrected chi connectivity index (χ0v) is 6.82. The normalized spacial score (nSPS) is 12.0. The predicted octanol–water partition coefficient (Wildman–Crippen LogP) is 1.02. The molecule has 0 atom stereocenters. The van der Waals surface area contributed by atoms with Gasteiger partial charge < -0.3 is 10.1 Å². The maximum atomic E-state index is 5.41. The zero-order valence-electron chi connectivity index (χ0n) is 6.82. The number of ether oxygens (including phenoxy) is 1. The van der Waals surface area contributed by atoms with Crippen LogP contribution in [0.1, 0.15) is 20.8 Å². The molecule has 9 heavy (non-hydrogen) atoms. The minimum atomic E-state index is 0.0108. The van der Waals surface area contributed by atoms with Crippen LogP contribution in [0.25, 0.3) is 0 Å². The molecule has 1 N–H and O–H groups in total. The number of likely N-dealkylation sites (N-methyl/N-ethyl adjacent to an activating group) is 1. The Morgan fingerprint density at radius 3 is 2.22 bits per heavy atom. The zero-order chi connectivity index (χ0) is 7.33. The average Bonchev–Trinajstić information content (AvgIpc) is 1.63. The molecule has 0 heterocycles. The fraction of sp³-hybridized carbons (Fsp3) is 1.00. The quantitative estimate of drug-likeness (QED) is 0.577. The SMILES string of the molecule is CNCCOC(C)(C)C. The molecule has 0 aromatic heterocycles. The highest BCUT2D eigenvalue weighted by molar-refractivity contribution is 4.58. The summed E-state index contributed by atoms with van der Waals surface area (Å²) in [7, 11) is 1.92. The van der Waals surface area contributed by atoms with Gasteiger partial charge in [-0.1, -0.05) is 0 Å². The third-order valence-electron chi connectivity index (χ3n) is 0.887. The fourth-order valence-electron chi connectivity index (χ4n) is 0.459. The molecular formula is C7H17NO. The molecule has 0 amide bonds. The second-order valence-electron chi connectivity index (χ2n) is 3.06. The molecule has 2 heteroatoms. The van der Waals surface area contributed by atoms with Gasteiger partial charge in [0, 0.05) is 6.54 Å². The maximum absolute atomic E-state index is 5.41. The van der Waals surface area contributed by atoms with Gasteiger partial charge in [-0.2, -0.15) is 0 Å². The van der Waals surface area contributed by atoms with E-state index >= 15 is 0 Å². The first-order valence-corrected chi connectivity index (χ1v) is 3.35.